The van der Waals surface area contributed by atoms with Gasteiger partial charge < -0.3 is 0 Å². The highest BCUT2D eigenvalue weighted by Crippen LogP contribution is 2.38. The zero-order valence-electron chi connectivity index (χ0n) is 17.3. The Hall–Kier alpha value is -0.780. The van der Waals surface area contributed by atoms with Gasteiger partial charge in [-0.3, -0.25) is 0 Å². The van der Waals surface area contributed by atoms with Gasteiger partial charge in [-0.1, -0.05) is 103 Å². The second-order valence-electron chi connectivity index (χ2n) is 9.82. The van der Waals surface area contributed by atoms with Gasteiger partial charge >= 0.3 is 0 Å². The van der Waals surface area contributed by atoms with Gasteiger partial charge in [-0.15, -0.1) is 0 Å². The second-order valence-corrected chi connectivity index (χ2v) is 9.82. The van der Waals surface area contributed by atoms with Crippen molar-refractivity contribution in [3.8, 4) is 0 Å². The van der Waals surface area contributed by atoms with E-state index >= 15 is 0 Å². The summed E-state index contributed by atoms with van der Waals surface area (Å²) >= 11 is 0. The van der Waals surface area contributed by atoms with E-state index < -0.39 is 0 Å². The average molecular weight is 337 g/mol. The SMILES string of the molecule is C.C.CC(C)(C)C.Cc1ccc(C(C)C)c(C(C)(C)C)c1C(C)C. The first-order valence-electron chi connectivity index (χ1n) is 8.80. The molecule has 0 bridgehead atoms. The predicted molar refractivity (Wildman–Crippen MR) is 117 cm³/mol. The average Bonchev–Trinajstić information content (AvgIpc) is 2.23. The van der Waals surface area contributed by atoms with E-state index in [2.05, 4.69) is 95.2 Å². The molecular weight excluding hydrogens is 288 g/mol. The van der Waals surface area contributed by atoms with Crippen molar-refractivity contribution in [2.24, 2.45) is 5.41 Å². The van der Waals surface area contributed by atoms with Crippen LogP contribution >= 0.6 is 0 Å². The Morgan fingerprint density at radius 1 is 0.708 bits per heavy atom. The van der Waals surface area contributed by atoms with Crippen molar-refractivity contribution in [3.05, 3.63) is 34.4 Å². The van der Waals surface area contributed by atoms with Crippen molar-refractivity contribution in [2.45, 2.75) is 115 Å². The minimum absolute atomic E-state index is 0. The molecule has 0 saturated carbocycles. The van der Waals surface area contributed by atoms with Crippen LogP contribution in [0.2, 0.25) is 0 Å². The van der Waals surface area contributed by atoms with E-state index in [9.17, 15) is 0 Å². The molecule has 0 spiro atoms. The topological polar surface area (TPSA) is 0 Å². The first-order chi connectivity index (χ1) is 9.66. The molecule has 0 unspecified atom stereocenters. The first-order valence-corrected chi connectivity index (χ1v) is 8.80. The lowest BCUT2D eigenvalue weighted by molar-refractivity contribution is 0.469. The molecule has 0 atom stereocenters. The number of aryl methyl sites for hydroxylation is 1. The van der Waals surface area contributed by atoms with E-state index in [1.165, 1.54) is 11.1 Å². The van der Waals surface area contributed by atoms with E-state index in [1.54, 1.807) is 11.1 Å². The van der Waals surface area contributed by atoms with E-state index in [0.29, 0.717) is 17.3 Å². The van der Waals surface area contributed by atoms with E-state index in [-0.39, 0.29) is 20.3 Å². The van der Waals surface area contributed by atoms with Crippen LogP contribution in [0.15, 0.2) is 12.1 Å². The quantitative estimate of drug-likeness (QED) is 0.506. The highest BCUT2D eigenvalue weighted by Gasteiger charge is 2.25. The molecule has 0 amide bonds. The van der Waals surface area contributed by atoms with Crippen LogP contribution in [-0.2, 0) is 5.41 Å². The summed E-state index contributed by atoms with van der Waals surface area (Å²) in [6.07, 6.45) is 0. The maximum absolute atomic E-state index is 2.33. The molecule has 0 aromatic heterocycles. The molecular formula is C24H48. The molecule has 1 rings (SSSR count). The molecule has 0 heterocycles. The van der Waals surface area contributed by atoms with E-state index in [0.717, 1.165) is 0 Å². The fourth-order valence-electron chi connectivity index (χ4n) is 2.80. The fourth-order valence-corrected chi connectivity index (χ4v) is 2.80. The molecule has 24 heavy (non-hydrogen) atoms. The highest BCUT2D eigenvalue weighted by atomic mass is 14.3. The summed E-state index contributed by atoms with van der Waals surface area (Å²) < 4.78 is 0. The Morgan fingerprint density at radius 2 is 1.08 bits per heavy atom. The summed E-state index contributed by atoms with van der Waals surface area (Å²) in [5.74, 6) is 1.20. The summed E-state index contributed by atoms with van der Waals surface area (Å²) in [7, 11) is 0. The van der Waals surface area contributed by atoms with Gasteiger partial charge in [-0.05, 0) is 51.8 Å². The van der Waals surface area contributed by atoms with Crippen LogP contribution in [0.5, 0.6) is 0 Å². The first kappa shape index (κ1) is 28.0. The van der Waals surface area contributed by atoms with Crippen LogP contribution in [0.3, 0.4) is 0 Å². The molecule has 0 aliphatic rings. The Balaban J connectivity index is -0.000000554. The Bertz CT molecular complexity index is 456. The second kappa shape index (κ2) is 10.3. The van der Waals surface area contributed by atoms with Crippen LogP contribution in [0.1, 0.15) is 125 Å². The lowest BCUT2D eigenvalue weighted by atomic mass is 9.74. The van der Waals surface area contributed by atoms with Gasteiger partial charge in [0, 0.05) is 0 Å². The van der Waals surface area contributed by atoms with Gasteiger partial charge in [0.05, 0.1) is 0 Å². The number of rotatable bonds is 2. The summed E-state index contributed by atoms with van der Waals surface area (Å²) in [4.78, 5) is 0. The van der Waals surface area contributed by atoms with Gasteiger partial charge in [0.25, 0.3) is 0 Å². The molecule has 0 heteroatoms. The Kier molecular flexibility index (Phi) is 12.0. The summed E-state index contributed by atoms with van der Waals surface area (Å²) in [6, 6.07) is 4.62. The molecule has 0 aliphatic carbocycles. The van der Waals surface area contributed by atoms with Gasteiger partial charge in [-0.2, -0.15) is 0 Å². The van der Waals surface area contributed by atoms with Crippen LogP contribution < -0.4 is 0 Å². The summed E-state index contributed by atoms with van der Waals surface area (Å²) in [5.41, 5.74) is 6.82. The summed E-state index contributed by atoms with van der Waals surface area (Å²) in [5, 5.41) is 0. The molecule has 1 aromatic rings. The minimum Gasteiger partial charge on any atom is -0.0776 e. The van der Waals surface area contributed by atoms with Crippen LogP contribution in [0.25, 0.3) is 0 Å². The zero-order chi connectivity index (χ0) is 17.9. The number of hydrogen-bond acceptors (Lipinski definition) is 0. The fraction of sp³-hybridized carbons (Fsp3) is 0.750. The lowest BCUT2D eigenvalue weighted by Crippen LogP contribution is -2.19. The molecule has 0 N–H and O–H groups in total. The standard InChI is InChI=1S/C17H28.C5H12.2CH4/c1-11(2)14-10-9-13(5)15(12(3)4)16(14)17(6,7)8;1-5(2,3)4;;/h9-12H,1-8H3;1-4H3;2*1H4. The number of hydrogen-bond donors (Lipinski definition) is 0. The smallest absolute Gasteiger partial charge is 0.0126 e. The Labute approximate surface area is 155 Å². The summed E-state index contributed by atoms with van der Waals surface area (Å²) in [6.45, 7) is 27.2. The van der Waals surface area contributed by atoms with Crippen molar-refractivity contribution < 1.29 is 0 Å². The lowest BCUT2D eigenvalue weighted by Gasteiger charge is -2.31. The van der Waals surface area contributed by atoms with Crippen molar-refractivity contribution in [2.75, 3.05) is 0 Å². The van der Waals surface area contributed by atoms with Crippen molar-refractivity contribution in [1.82, 2.24) is 0 Å². The molecule has 0 fully saturated rings. The van der Waals surface area contributed by atoms with Gasteiger partial charge in [-0.25, -0.2) is 0 Å². The van der Waals surface area contributed by atoms with Crippen LogP contribution in [0.4, 0.5) is 0 Å². The largest absolute Gasteiger partial charge is 0.0776 e. The van der Waals surface area contributed by atoms with Crippen molar-refractivity contribution >= 4 is 0 Å². The molecule has 1 aromatic carbocycles. The van der Waals surface area contributed by atoms with E-state index in [1.807, 2.05) is 0 Å². The van der Waals surface area contributed by atoms with Gasteiger partial charge in [0.2, 0.25) is 0 Å². The maximum Gasteiger partial charge on any atom is -0.0126 e. The monoisotopic (exact) mass is 336 g/mol. The Morgan fingerprint density at radius 3 is 1.33 bits per heavy atom. The normalized spacial score (nSPS) is 11.4. The third-order valence-electron chi connectivity index (χ3n) is 3.45. The zero-order valence-corrected chi connectivity index (χ0v) is 17.3. The minimum atomic E-state index is 0. The third kappa shape index (κ3) is 9.50. The van der Waals surface area contributed by atoms with E-state index in [4.69, 9.17) is 0 Å². The van der Waals surface area contributed by atoms with Crippen LogP contribution in [0, 0.1) is 12.3 Å². The molecule has 0 saturated heterocycles. The van der Waals surface area contributed by atoms with Gasteiger partial charge in [0.1, 0.15) is 0 Å². The van der Waals surface area contributed by atoms with Gasteiger partial charge in [0.15, 0.2) is 0 Å². The van der Waals surface area contributed by atoms with Crippen molar-refractivity contribution in [1.29, 1.82) is 0 Å². The molecule has 0 aliphatic heterocycles. The van der Waals surface area contributed by atoms with Crippen molar-refractivity contribution in [3.63, 3.8) is 0 Å². The number of benzene rings is 1. The maximum atomic E-state index is 2.33. The molecule has 144 valence electrons. The van der Waals surface area contributed by atoms with Crippen LogP contribution in [-0.4, -0.2) is 0 Å². The highest BCUT2D eigenvalue weighted by molar-refractivity contribution is 5.47. The third-order valence-corrected chi connectivity index (χ3v) is 3.45. The predicted octanol–water partition coefficient (Wildman–Crippen LogP) is 8.86. The molecule has 0 radical (unpaired) electrons. The molecule has 0 nitrogen and oxygen atoms in total.